The predicted octanol–water partition coefficient (Wildman–Crippen LogP) is 3.42. The molecule has 1 N–H and O–H groups in total. The van der Waals surface area contributed by atoms with Crippen LogP contribution in [0.25, 0.3) is 0 Å². The summed E-state index contributed by atoms with van der Waals surface area (Å²) in [5.41, 5.74) is 1.39. The smallest absolute Gasteiger partial charge is 0.247 e. The molecule has 6 nitrogen and oxygen atoms in total. The minimum Gasteiger partial charge on any atom is -0.495 e. The zero-order valence-electron chi connectivity index (χ0n) is 14.8. The Bertz CT molecular complexity index is 883. The highest BCUT2D eigenvalue weighted by molar-refractivity contribution is 9.10. The molecule has 0 aliphatic carbocycles. The second-order valence-electron chi connectivity index (χ2n) is 5.64. The molecule has 0 aromatic heterocycles. The van der Waals surface area contributed by atoms with Gasteiger partial charge in [-0.1, -0.05) is 28.9 Å². The van der Waals surface area contributed by atoms with Crippen molar-refractivity contribution in [2.45, 2.75) is 18.7 Å². The first kappa shape index (κ1) is 20.4. The molecule has 2 aromatic carbocycles. The number of carbonyl (C=O) groups is 1. The molecule has 0 spiro atoms. The minimum absolute atomic E-state index is 0.0540. The van der Waals surface area contributed by atoms with Crippen LogP contribution in [0.3, 0.4) is 0 Å². The average Bonchev–Trinajstić information content (AvgIpc) is 2.61. The summed E-state index contributed by atoms with van der Waals surface area (Å²) in [7, 11) is -2.45. The molecule has 140 valence electrons. The maximum atomic E-state index is 13.0. The first-order chi connectivity index (χ1) is 12.3. The van der Waals surface area contributed by atoms with Gasteiger partial charge in [-0.05, 0) is 48.9 Å². The van der Waals surface area contributed by atoms with Gasteiger partial charge in [0.1, 0.15) is 10.6 Å². The number of hydrogen-bond donors (Lipinski definition) is 1. The Hall–Kier alpha value is -1.90. The van der Waals surface area contributed by atoms with Crippen LogP contribution in [-0.4, -0.2) is 38.8 Å². The predicted molar refractivity (Wildman–Crippen MR) is 105 cm³/mol. The molecule has 0 bridgehead atoms. The lowest BCUT2D eigenvalue weighted by Crippen LogP contribution is -2.38. The van der Waals surface area contributed by atoms with E-state index in [-0.39, 0.29) is 23.7 Å². The summed E-state index contributed by atoms with van der Waals surface area (Å²) in [4.78, 5) is 12.4. The van der Waals surface area contributed by atoms with Crippen molar-refractivity contribution >= 4 is 37.5 Å². The van der Waals surface area contributed by atoms with Crippen molar-refractivity contribution in [1.29, 1.82) is 0 Å². The Morgan fingerprint density at radius 1 is 1.19 bits per heavy atom. The molecule has 1 amide bonds. The SMILES string of the molecule is CCN(CC(=O)Nc1ccc(Br)cc1)S(=O)(=O)c1cc(C)ccc1OC. The molecule has 0 unspecified atom stereocenters. The number of rotatable bonds is 7. The Morgan fingerprint density at radius 2 is 1.85 bits per heavy atom. The number of halogens is 1. The summed E-state index contributed by atoms with van der Waals surface area (Å²) < 4.78 is 33.2. The van der Waals surface area contributed by atoms with E-state index in [1.165, 1.54) is 7.11 Å². The Balaban J connectivity index is 2.22. The number of ether oxygens (including phenoxy) is 1. The molecule has 8 heteroatoms. The minimum atomic E-state index is -3.87. The third-order valence-electron chi connectivity index (χ3n) is 3.74. The van der Waals surface area contributed by atoms with Crippen LogP contribution in [0.15, 0.2) is 51.8 Å². The van der Waals surface area contributed by atoms with Gasteiger partial charge in [-0.15, -0.1) is 0 Å². The molecule has 0 atom stereocenters. The van der Waals surface area contributed by atoms with Gasteiger partial charge in [0.05, 0.1) is 13.7 Å². The fourth-order valence-corrected chi connectivity index (χ4v) is 4.30. The van der Waals surface area contributed by atoms with E-state index in [4.69, 9.17) is 4.74 Å². The van der Waals surface area contributed by atoms with E-state index in [0.717, 1.165) is 14.3 Å². The van der Waals surface area contributed by atoms with Gasteiger partial charge in [0, 0.05) is 16.7 Å². The fraction of sp³-hybridized carbons (Fsp3) is 0.278. The molecule has 0 saturated heterocycles. The number of methoxy groups -OCH3 is 1. The molecule has 0 aliphatic rings. The van der Waals surface area contributed by atoms with Crippen molar-refractivity contribution in [3.63, 3.8) is 0 Å². The molecule has 2 rings (SSSR count). The number of nitrogens with zero attached hydrogens (tertiary/aromatic N) is 1. The van der Waals surface area contributed by atoms with E-state index in [1.54, 1.807) is 56.3 Å². The van der Waals surface area contributed by atoms with Crippen molar-refractivity contribution in [3.8, 4) is 5.75 Å². The van der Waals surface area contributed by atoms with E-state index in [1.807, 2.05) is 0 Å². The topological polar surface area (TPSA) is 75.7 Å². The van der Waals surface area contributed by atoms with Crippen LogP contribution < -0.4 is 10.1 Å². The Labute approximate surface area is 162 Å². The normalized spacial score (nSPS) is 11.4. The lowest BCUT2D eigenvalue weighted by atomic mass is 10.2. The molecule has 0 aliphatic heterocycles. The first-order valence-electron chi connectivity index (χ1n) is 7.98. The van der Waals surface area contributed by atoms with Gasteiger partial charge in [0.25, 0.3) is 0 Å². The van der Waals surface area contributed by atoms with Crippen LogP contribution in [0.5, 0.6) is 5.75 Å². The zero-order valence-corrected chi connectivity index (χ0v) is 17.2. The lowest BCUT2D eigenvalue weighted by Gasteiger charge is -2.21. The summed E-state index contributed by atoms with van der Waals surface area (Å²) in [6, 6.07) is 12.0. The second-order valence-corrected chi connectivity index (χ2v) is 8.46. The van der Waals surface area contributed by atoms with E-state index in [9.17, 15) is 13.2 Å². The summed E-state index contributed by atoms with van der Waals surface area (Å²) in [5.74, 6) is -0.160. The van der Waals surface area contributed by atoms with Gasteiger partial charge in [0.15, 0.2) is 0 Å². The largest absolute Gasteiger partial charge is 0.495 e. The molecule has 0 fully saturated rings. The number of hydrogen-bond acceptors (Lipinski definition) is 4. The highest BCUT2D eigenvalue weighted by Gasteiger charge is 2.28. The van der Waals surface area contributed by atoms with Crippen molar-refractivity contribution in [2.75, 3.05) is 25.5 Å². The molecular formula is C18H21BrN2O4S. The summed E-state index contributed by atoms with van der Waals surface area (Å²) in [6.45, 7) is 3.36. The number of likely N-dealkylation sites (N-methyl/N-ethyl adjacent to an activating group) is 1. The van der Waals surface area contributed by atoms with Crippen LogP contribution in [-0.2, 0) is 14.8 Å². The summed E-state index contributed by atoms with van der Waals surface area (Å²) >= 11 is 3.32. The molecule has 26 heavy (non-hydrogen) atoms. The zero-order chi connectivity index (χ0) is 19.3. The van der Waals surface area contributed by atoms with E-state index < -0.39 is 15.9 Å². The van der Waals surface area contributed by atoms with Crippen molar-refractivity contribution in [3.05, 3.63) is 52.5 Å². The number of amides is 1. The number of carbonyl (C=O) groups excluding carboxylic acids is 1. The highest BCUT2D eigenvalue weighted by atomic mass is 79.9. The molecule has 0 saturated carbocycles. The quantitative estimate of drug-likeness (QED) is 0.715. The van der Waals surface area contributed by atoms with Crippen LogP contribution in [0.2, 0.25) is 0 Å². The molecule has 0 heterocycles. The van der Waals surface area contributed by atoms with E-state index in [2.05, 4.69) is 21.2 Å². The Morgan fingerprint density at radius 3 is 2.42 bits per heavy atom. The summed E-state index contributed by atoms with van der Waals surface area (Å²) in [6.07, 6.45) is 0. The van der Waals surface area contributed by atoms with Gasteiger partial charge in [-0.3, -0.25) is 4.79 Å². The van der Waals surface area contributed by atoms with E-state index >= 15 is 0 Å². The average molecular weight is 441 g/mol. The third kappa shape index (κ3) is 4.84. The highest BCUT2D eigenvalue weighted by Crippen LogP contribution is 2.27. The van der Waals surface area contributed by atoms with Crippen LogP contribution >= 0.6 is 15.9 Å². The van der Waals surface area contributed by atoms with Crippen LogP contribution in [0, 0.1) is 6.92 Å². The fourth-order valence-electron chi connectivity index (χ4n) is 2.39. The molecule has 0 radical (unpaired) electrons. The second kappa shape index (κ2) is 8.66. The van der Waals surface area contributed by atoms with Crippen LogP contribution in [0.1, 0.15) is 12.5 Å². The third-order valence-corrected chi connectivity index (χ3v) is 6.21. The Kier molecular flexibility index (Phi) is 6.80. The molecule has 2 aromatic rings. The van der Waals surface area contributed by atoms with Crippen LogP contribution in [0.4, 0.5) is 5.69 Å². The standard InChI is InChI=1S/C18H21BrN2O4S/c1-4-21(12-18(22)20-15-8-6-14(19)7-9-15)26(23,24)17-11-13(2)5-10-16(17)25-3/h5-11H,4,12H2,1-3H3,(H,20,22). The monoisotopic (exact) mass is 440 g/mol. The van der Waals surface area contributed by atoms with Gasteiger partial charge < -0.3 is 10.1 Å². The lowest BCUT2D eigenvalue weighted by molar-refractivity contribution is -0.116. The van der Waals surface area contributed by atoms with Gasteiger partial charge in [0.2, 0.25) is 15.9 Å². The number of benzene rings is 2. The van der Waals surface area contributed by atoms with Gasteiger partial charge in [-0.2, -0.15) is 4.31 Å². The number of aryl methyl sites for hydroxylation is 1. The molecular weight excluding hydrogens is 420 g/mol. The number of anilines is 1. The van der Waals surface area contributed by atoms with Crippen molar-refractivity contribution in [2.24, 2.45) is 0 Å². The summed E-state index contributed by atoms with van der Waals surface area (Å²) in [5, 5.41) is 2.70. The number of nitrogens with one attached hydrogen (secondary N) is 1. The van der Waals surface area contributed by atoms with Crippen molar-refractivity contribution < 1.29 is 17.9 Å². The maximum absolute atomic E-state index is 13.0. The van der Waals surface area contributed by atoms with Gasteiger partial charge >= 0.3 is 0 Å². The van der Waals surface area contributed by atoms with Gasteiger partial charge in [-0.25, -0.2) is 8.42 Å². The van der Waals surface area contributed by atoms with E-state index in [0.29, 0.717) is 5.69 Å². The number of sulfonamides is 1. The first-order valence-corrected chi connectivity index (χ1v) is 10.2. The maximum Gasteiger partial charge on any atom is 0.247 e. The van der Waals surface area contributed by atoms with Crippen molar-refractivity contribution in [1.82, 2.24) is 4.31 Å².